The van der Waals surface area contributed by atoms with Gasteiger partial charge in [-0.15, -0.1) is 0 Å². The number of nitrogens with two attached hydrogens (primary N) is 1. The molecule has 1 unspecified atom stereocenters. The van der Waals surface area contributed by atoms with E-state index in [1.165, 1.54) is 0 Å². The van der Waals surface area contributed by atoms with Crippen molar-refractivity contribution in [3.05, 3.63) is 17.6 Å². The van der Waals surface area contributed by atoms with Gasteiger partial charge in [0.25, 0.3) is 0 Å². The Labute approximate surface area is 104 Å². The Balaban J connectivity index is 2.57. The van der Waals surface area contributed by atoms with Gasteiger partial charge in [-0.3, -0.25) is 4.98 Å². The van der Waals surface area contributed by atoms with E-state index < -0.39 is 0 Å². The highest BCUT2D eigenvalue weighted by Gasteiger charge is 2.14. The lowest BCUT2D eigenvalue weighted by Crippen LogP contribution is -2.36. The van der Waals surface area contributed by atoms with E-state index in [9.17, 15) is 0 Å². The first-order valence-electron chi connectivity index (χ1n) is 6.38. The highest BCUT2D eigenvalue weighted by atomic mass is 15.0. The number of hydrogen-bond acceptors (Lipinski definition) is 4. The van der Waals surface area contributed by atoms with Crippen molar-refractivity contribution < 1.29 is 0 Å². The zero-order chi connectivity index (χ0) is 12.8. The molecule has 96 valence electrons. The quantitative estimate of drug-likeness (QED) is 0.795. The summed E-state index contributed by atoms with van der Waals surface area (Å²) in [5, 5.41) is 3.30. The van der Waals surface area contributed by atoms with Crippen molar-refractivity contribution in [2.24, 2.45) is 11.7 Å². The minimum absolute atomic E-state index is 0.173. The van der Waals surface area contributed by atoms with Crippen molar-refractivity contribution in [1.29, 1.82) is 0 Å². The molecule has 0 aromatic carbocycles. The average molecular weight is 236 g/mol. The molecule has 0 aliphatic carbocycles. The Kier molecular flexibility index (Phi) is 5.35. The van der Waals surface area contributed by atoms with Crippen molar-refractivity contribution in [2.45, 2.75) is 46.6 Å². The van der Waals surface area contributed by atoms with Crippen molar-refractivity contribution in [3.8, 4) is 0 Å². The lowest BCUT2D eigenvalue weighted by molar-refractivity contribution is 0.407. The van der Waals surface area contributed by atoms with E-state index in [1.807, 2.05) is 13.8 Å². The summed E-state index contributed by atoms with van der Waals surface area (Å²) < 4.78 is 0. The Bertz CT molecular complexity index is 347. The summed E-state index contributed by atoms with van der Waals surface area (Å²) in [7, 11) is 0. The number of aryl methyl sites for hydroxylation is 2. The van der Waals surface area contributed by atoms with Crippen molar-refractivity contribution in [1.82, 2.24) is 9.97 Å². The van der Waals surface area contributed by atoms with E-state index in [4.69, 9.17) is 5.73 Å². The Hall–Kier alpha value is -1.16. The zero-order valence-corrected chi connectivity index (χ0v) is 11.3. The van der Waals surface area contributed by atoms with E-state index in [1.54, 1.807) is 6.20 Å². The summed E-state index contributed by atoms with van der Waals surface area (Å²) in [6.07, 6.45) is 4.02. The van der Waals surface area contributed by atoms with Crippen molar-refractivity contribution in [2.75, 3.05) is 11.9 Å². The summed E-state index contributed by atoms with van der Waals surface area (Å²) in [6.45, 7) is 9.03. The van der Waals surface area contributed by atoms with Crippen LogP contribution >= 0.6 is 0 Å². The molecule has 0 saturated heterocycles. The van der Waals surface area contributed by atoms with Gasteiger partial charge in [-0.1, -0.05) is 26.7 Å². The number of nitrogens with one attached hydrogen (secondary N) is 1. The number of hydrogen-bond donors (Lipinski definition) is 2. The first-order chi connectivity index (χ1) is 8.08. The topological polar surface area (TPSA) is 63.8 Å². The van der Waals surface area contributed by atoms with Crippen molar-refractivity contribution in [3.63, 3.8) is 0 Å². The van der Waals surface area contributed by atoms with E-state index in [2.05, 4.69) is 29.1 Å². The molecule has 1 heterocycles. The molecular weight excluding hydrogens is 212 g/mol. The molecule has 0 amide bonds. The van der Waals surface area contributed by atoms with Gasteiger partial charge in [0.2, 0.25) is 0 Å². The molecule has 0 fully saturated rings. The van der Waals surface area contributed by atoms with E-state index in [0.717, 1.165) is 36.6 Å². The van der Waals surface area contributed by atoms with Gasteiger partial charge in [0.15, 0.2) is 0 Å². The first-order valence-corrected chi connectivity index (χ1v) is 6.38. The van der Waals surface area contributed by atoms with Crippen LogP contribution in [-0.4, -0.2) is 22.6 Å². The third-order valence-electron chi connectivity index (χ3n) is 3.24. The largest absolute Gasteiger partial charge is 0.367 e. The molecule has 1 atom stereocenters. The van der Waals surface area contributed by atoms with E-state index in [0.29, 0.717) is 5.92 Å². The summed E-state index contributed by atoms with van der Waals surface area (Å²) in [6, 6.07) is 0.173. The number of nitrogens with zero attached hydrogens (tertiary/aromatic N) is 2. The van der Waals surface area contributed by atoms with Crippen LogP contribution in [0.3, 0.4) is 0 Å². The third kappa shape index (κ3) is 3.97. The maximum Gasteiger partial charge on any atom is 0.147 e. The van der Waals surface area contributed by atoms with Crippen LogP contribution in [0.25, 0.3) is 0 Å². The fraction of sp³-hybridized carbons (Fsp3) is 0.692. The fourth-order valence-corrected chi connectivity index (χ4v) is 1.98. The van der Waals surface area contributed by atoms with E-state index >= 15 is 0 Å². The van der Waals surface area contributed by atoms with Crippen LogP contribution in [0.15, 0.2) is 6.20 Å². The second kappa shape index (κ2) is 6.55. The molecule has 0 aliphatic rings. The third-order valence-corrected chi connectivity index (χ3v) is 3.24. The van der Waals surface area contributed by atoms with Crippen LogP contribution in [0.5, 0.6) is 0 Å². The summed E-state index contributed by atoms with van der Waals surface area (Å²) in [4.78, 5) is 8.70. The molecule has 4 nitrogen and oxygen atoms in total. The summed E-state index contributed by atoms with van der Waals surface area (Å²) in [5.41, 5.74) is 8.01. The SMILES string of the molecule is CCC(CC)C(N)CNc1nc(C)cnc1C. The minimum atomic E-state index is 0.173. The van der Waals surface area contributed by atoms with Crippen LogP contribution in [0.1, 0.15) is 38.1 Å². The van der Waals surface area contributed by atoms with Crippen molar-refractivity contribution >= 4 is 5.82 Å². The summed E-state index contributed by atoms with van der Waals surface area (Å²) in [5.74, 6) is 1.42. The molecule has 1 aromatic heterocycles. The molecule has 3 N–H and O–H groups in total. The molecule has 0 bridgehead atoms. The number of rotatable bonds is 6. The number of anilines is 1. The summed E-state index contributed by atoms with van der Waals surface area (Å²) >= 11 is 0. The van der Waals surface area contributed by atoms with Crippen LogP contribution in [0.2, 0.25) is 0 Å². The number of aromatic nitrogens is 2. The Morgan fingerprint density at radius 3 is 2.53 bits per heavy atom. The van der Waals surface area contributed by atoms with Gasteiger partial charge in [-0.25, -0.2) is 4.98 Å². The molecule has 0 saturated carbocycles. The molecule has 4 heteroatoms. The van der Waals surface area contributed by atoms with Crippen LogP contribution in [-0.2, 0) is 0 Å². The predicted molar refractivity (Wildman–Crippen MR) is 72.0 cm³/mol. The molecule has 0 spiro atoms. The smallest absolute Gasteiger partial charge is 0.147 e. The zero-order valence-electron chi connectivity index (χ0n) is 11.3. The molecule has 17 heavy (non-hydrogen) atoms. The Morgan fingerprint density at radius 1 is 1.29 bits per heavy atom. The first kappa shape index (κ1) is 13.9. The van der Waals surface area contributed by atoms with Gasteiger partial charge in [0.1, 0.15) is 5.82 Å². The normalized spacial score (nSPS) is 12.8. The van der Waals surface area contributed by atoms with Gasteiger partial charge < -0.3 is 11.1 Å². The van der Waals surface area contributed by atoms with Gasteiger partial charge in [-0.05, 0) is 19.8 Å². The van der Waals surface area contributed by atoms with Gasteiger partial charge in [0.05, 0.1) is 11.4 Å². The van der Waals surface area contributed by atoms with Gasteiger partial charge >= 0.3 is 0 Å². The van der Waals surface area contributed by atoms with E-state index in [-0.39, 0.29) is 6.04 Å². The minimum Gasteiger partial charge on any atom is -0.367 e. The molecule has 1 aromatic rings. The lowest BCUT2D eigenvalue weighted by Gasteiger charge is -2.22. The van der Waals surface area contributed by atoms with Gasteiger partial charge in [0, 0.05) is 18.8 Å². The second-order valence-electron chi connectivity index (χ2n) is 4.57. The lowest BCUT2D eigenvalue weighted by atomic mass is 9.95. The molecule has 1 rings (SSSR count). The molecule has 0 aliphatic heterocycles. The Morgan fingerprint density at radius 2 is 1.94 bits per heavy atom. The highest BCUT2D eigenvalue weighted by Crippen LogP contribution is 2.13. The van der Waals surface area contributed by atoms with Crippen LogP contribution in [0, 0.1) is 19.8 Å². The van der Waals surface area contributed by atoms with Gasteiger partial charge in [-0.2, -0.15) is 0 Å². The second-order valence-corrected chi connectivity index (χ2v) is 4.57. The highest BCUT2D eigenvalue weighted by molar-refractivity contribution is 5.39. The average Bonchev–Trinajstić information content (AvgIpc) is 2.32. The van der Waals surface area contributed by atoms with Crippen LogP contribution < -0.4 is 11.1 Å². The van der Waals surface area contributed by atoms with Crippen LogP contribution in [0.4, 0.5) is 5.82 Å². The predicted octanol–water partition coefficient (Wildman–Crippen LogP) is 2.27. The maximum atomic E-state index is 6.16. The fourth-order valence-electron chi connectivity index (χ4n) is 1.98. The monoisotopic (exact) mass is 236 g/mol. The molecular formula is C13H24N4. The maximum absolute atomic E-state index is 6.16. The molecule has 0 radical (unpaired) electrons. The standard InChI is InChI=1S/C13H24N4/c1-5-11(6-2)12(14)8-16-13-10(4)15-7-9(3)17-13/h7,11-12H,5-6,8,14H2,1-4H3,(H,16,17).